The van der Waals surface area contributed by atoms with Gasteiger partial charge in [-0.25, -0.2) is 8.78 Å². The number of nitrogens with zero attached hydrogens (tertiary/aromatic N) is 2. The van der Waals surface area contributed by atoms with Crippen LogP contribution in [0.5, 0.6) is 5.75 Å². The molecule has 4 nitrogen and oxygen atoms in total. The fourth-order valence-corrected chi connectivity index (χ4v) is 4.14. The fraction of sp³-hybridized carbons (Fsp3) is 0.261. The largest absolute Gasteiger partial charge is 0.497 e. The molecule has 0 spiro atoms. The van der Waals surface area contributed by atoms with Gasteiger partial charge in [-0.1, -0.05) is 29.8 Å². The molecule has 0 atom stereocenters. The molecule has 1 aliphatic heterocycles. The lowest BCUT2D eigenvalue weighted by molar-refractivity contribution is -0.142. The molecule has 1 amide bonds. The molecule has 1 aliphatic rings. The van der Waals surface area contributed by atoms with E-state index in [2.05, 4.69) is 0 Å². The summed E-state index contributed by atoms with van der Waals surface area (Å²) in [6.45, 7) is -0.476. The number of likely N-dealkylation sites (tertiary alicyclic amines) is 1. The molecular formula is C23H18ClF5N2O2. The van der Waals surface area contributed by atoms with Crippen LogP contribution in [0.3, 0.4) is 0 Å². The molecule has 10 heteroatoms. The number of halogens is 6. The van der Waals surface area contributed by atoms with E-state index in [1.165, 1.54) is 56.5 Å². The second kappa shape index (κ2) is 8.06. The number of carbonyl (C=O) groups is 1. The van der Waals surface area contributed by atoms with Crippen molar-refractivity contribution in [2.24, 2.45) is 0 Å². The number of benzene rings is 2. The first-order valence-electron chi connectivity index (χ1n) is 9.83. The van der Waals surface area contributed by atoms with E-state index in [0.717, 1.165) is 9.47 Å². The Balaban J connectivity index is 2.05. The highest BCUT2D eigenvalue weighted by atomic mass is 35.5. The average molecular weight is 485 g/mol. The van der Waals surface area contributed by atoms with Gasteiger partial charge in [-0.3, -0.25) is 4.79 Å². The first-order valence-corrected chi connectivity index (χ1v) is 10.2. The number of amides is 1. The Morgan fingerprint density at radius 2 is 1.73 bits per heavy atom. The standard InChI is InChI=1S/C23H18ClF5N2O2/c1-13-18(14-6-8-15(24)9-7-14)19(21(32)30-11-22(25,26)12-30)31(20(13)23(27,28)29)16-4-3-5-17(10-16)33-2/h3-10H,11-12H2,1-2H3. The van der Waals surface area contributed by atoms with Gasteiger partial charge >= 0.3 is 6.18 Å². The van der Waals surface area contributed by atoms with Crippen LogP contribution in [-0.2, 0) is 6.18 Å². The Morgan fingerprint density at radius 1 is 1.09 bits per heavy atom. The second-order valence-electron chi connectivity index (χ2n) is 7.76. The molecule has 1 saturated heterocycles. The lowest BCUT2D eigenvalue weighted by Crippen LogP contribution is -2.58. The molecular weight excluding hydrogens is 467 g/mol. The maximum Gasteiger partial charge on any atom is 0.432 e. The first kappa shape index (κ1) is 23.1. The Hall–Kier alpha value is -3.07. The van der Waals surface area contributed by atoms with E-state index < -0.39 is 36.8 Å². The summed E-state index contributed by atoms with van der Waals surface area (Å²) in [4.78, 5) is 14.2. The Bertz CT molecular complexity index is 1210. The van der Waals surface area contributed by atoms with Crippen LogP contribution in [-0.4, -0.2) is 41.5 Å². The zero-order valence-corrected chi connectivity index (χ0v) is 18.3. The Kier molecular flexibility index (Phi) is 5.64. The van der Waals surface area contributed by atoms with Crippen molar-refractivity contribution >= 4 is 17.5 Å². The molecule has 3 aromatic rings. The zero-order chi connectivity index (χ0) is 24.1. The van der Waals surface area contributed by atoms with Gasteiger partial charge < -0.3 is 14.2 Å². The quantitative estimate of drug-likeness (QED) is 0.412. The van der Waals surface area contributed by atoms with Crippen LogP contribution in [0, 0.1) is 6.92 Å². The molecule has 0 saturated carbocycles. The smallest absolute Gasteiger partial charge is 0.432 e. The highest BCUT2D eigenvalue weighted by molar-refractivity contribution is 6.30. The number of alkyl halides is 5. The normalized spacial score (nSPS) is 15.3. The maximum absolute atomic E-state index is 14.3. The fourth-order valence-electron chi connectivity index (χ4n) is 4.01. The minimum atomic E-state index is -4.84. The van der Waals surface area contributed by atoms with Gasteiger partial charge in [-0.05, 0) is 42.3 Å². The van der Waals surface area contributed by atoms with Crippen LogP contribution in [0.15, 0.2) is 48.5 Å². The van der Waals surface area contributed by atoms with E-state index in [4.69, 9.17) is 16.3 Å². The van der Waals surface area contributed by atoms with Gasteiger partial charge in [-0.2, -0.15) is 13.2 Å². The van der Waals surface area contributed by atoms with Gasteiger partial charge in [0.2, 0.25) is 0 Å². The van der Waals surface area contributed by atoms with E-state index >= 15 is 0 Å². The predicted octanol–water partition coefficient (Wildman–Crippen LogP) is 6.22. The predicted molar refractivity (Wildman–Crippen MR) is 113 cm³/mol. The number of rotatable bonds is 4. The Morgan fingerprint density at radius 3 is 2.27 bits per heavy atom. The van der Waals surface area contributed by atoms with Gasteiger partial charge in [0.1, 0.15) is 17.1 Å². The van der Waals surface area contributed by atoms with Crippen LogP contribution < -0.4 is 4.74 Å². The van der Waals surface area contributed by atoms with Crippen molar-refractivity contribution in [1.82, 2.24) is 9.47 Å². The summed E-state index contributed by atoms with van der Waals surface area (Å²) in [7, 11) is 1.36. The number of carbonyl (C=O) groups excluding carboxylic acids is 1. The van der Waals surface area contributed by atoms with E-state index in [-0.39, 0.29) is 28.3 Å². The number of hydrogen-bond donors (Lipinski definition) is 0. The summed E-state index contributed by atoms with van der Waals surface area (Å²) in [6, 6.07) is 11.7. The van der Waals surface area contributed by atoms with E-state index in [0.29, 0.717) is 10.6 Å². The van der Waals surface area contributed by atoms with Crippen molar-refractivity contribution in [2.45, 2.75) is 19.0 Å². The van der Waals surface area contributed by atoms with E-state index in [9.17, 15) is 26.7 Å². The molecule has 4 rings (SSSR count). The third kappa shape index (κ3) is 4.17. The SMILES string of the molecule is COc1cccc(-n2c(C(=O)N3CC(F)(F)C3)c(-c3ccc(Cl)cc3)c(C)c2C(F)(F)F)c1. The van der Waals surface area contributed by atoms with Crippen LogP contribution >= 0.6 is 11.6 Å². The topological polar surface area (TPSA) is 34.5 Å². The number of ether oxygens (including phenoxy) is 1. The molecule has 2 heterocycles. The monoisotopic (exact) mass is 484 g/mol. The zero-order valence-electron chi connectivity index (χ0n) is 17.5. The third-order valence-electron chi connectivity index (χ3n) is 5.46. The summed E-state index contributed by atoms with van der Waals surface area (Å²) < 4.78 is 75.9. The summed E-state index contributed by atoms with van der Waals surface area (Å²) in [5.41, 5.74) is -1.31. The van der Waals surface area contributed by atoms with Crippen molar-refractivity contribution < 1.29 is 31.5 Å². The van der Waals surface area contributed by atoms with Crippen molar-refractivity contribution in [2.75, 3.05) is 20.2 Å². The van der Waals surface area contributed by atoms with Crippen molar-refractivity contribution in [1.29, 1.82) is 0 Å². The summed E-state index contributed by atoms with van der Waals surface area (Å²) in [5, 5.41) is 0.356. The second-order valence-corrected chi connectivity index (χ2v) is 8.19. The minimum absolute atomic E-state index is 0.00188. The maximum atomic E-state index is 14.3. The number of methoxy groups -OCH3 is 1. The van der Waals surface area contributed by atoms with Crippen LogP contribution in [0.25, 0.3) is 16.8 Å². The molecule has 0 N–H and O–H groups in total. The number of aromatic nitrogens is 1. The molecule has 33 heavy (non-hydrogen) atoms. The van der Waals surface area contributed by atoms with E-state index in [1.54, 1.807) is 6.07 Å². The summed E-state index contributed by atoms with van der Waals surface area (Å²) in [6.07, 6.45) is -4.84. The van der Waals surface area contributed by atoms with Gasteiger partial charge in [0.05, 0.1) is 25.9 Å². The van der Waals surface area contributed by atoms with Crippen molar-refractivity contribution in [3.05, 3.63) is 70.5 Å². The minimum Gasteiger partial charge on any atom is -0.497 e. The van der Waals surface area contributed by atoms with Gasteiger partial charge in [0.25, 0.3) is 11.8 Å². The lowest BCUT2D eigenvalue weighted by Gasteiger charge is -2.39. The third-order valence-corrected chi connectivity index (χ3v) is 5.71. The van der Waals surface area contributed by atoms with Crippen LogP contribution in [0.4, 0.5) is 22.0 Å². The van der Waals surface area contributed by atoms with Crippen LogP contribution in [0.2, 0.25) is 5.02 Å². The molecule has 0 bridgehead atoms. The lowest BCUT2D eigenvalue weighted by atomic mass is 9.99. The number of hydrogen-bond acceptors (Lipinski definition) is 2. The molecule has 0 radical (unpaired) electrons. The molecule has 2 aromatic carbocycles. The van der Waals surface area contributed by atoms with Gasteiger partial charge in [0, 0.05) is 16.7 Å². The Labute approximate surface area is 191 Å². The first-order chi connectivity index (χ1) is 15.4. The van der Waals surface area contributed by atoms with Crippen LogP contribution in [0.1, 0.15) is 21.7 Å². The van der Waals surface area contributed by atoms with E-state index in [1.807, 2.05) is 0 Å². The molecule has 0 aliphatic carbocycles. The van der Waals surface area contributed by atoms with Gasteiger partial charge in [-0.15, -0.1) is 0 Å². The van der Waals surface area contributed by atoms with Crippen molar-refractivity contribution in [3.63, 3.8) is 0 Å². The van der Waals surface area contributed by atoms with Gasteiger partial charge in [0.15, 0.2) is 0 Å². The highest BCUT2D eigenvalue weighted by Gasteiger charge is 2.49. The molecule has 1 fully saturated rings. The highest BCUT2D eigenvalue weighted by Crippen LogP contribution is 2.44. The molecule has 174 valence electrons. The summed E-state index contributed by atoms with van der Waals surface area (Å²) >= 11 is 5.94. The average Bonchev–Trinajstić information content (AvgIpc) is 3.05. The molecule has 1 aromatic heterocycles. The summed E-state index contributed by atoms with van der Waals surface area (Å²) in [5.74, 6) is -3.73. The molecule has 0 unspecified atom stereocenters. The van der Waals surface area contributed by atoms with Crippen molar-refractivity contribution in [3.8, 4) is 22.6 Å².